The van der Waals surface area contributed by atoms with E-state index < -0.39 is 0 Å². The monoisotopic (exact) mass is 180 g/mol. The number of fused-ring (bicyclic) bond motifs is 1. The van der Waals surface area contributed by atoms with Crippen LogP contribution in [-0.2, 0) is 7.05 Å². The molecule has 0 aliphatic rings. The van der Waals surface area contributed by atoms with E-state index in [1.807, 2.05) is 0 Å². The summed E-state index contributed by atoms with van der Waals surface area (Å²) in [7, 11) is 3.24. The predicted molar refractivity (Wildman–Crippen MR) is 44.2 cm³/mol. The van der Waals surface area contributed by atoms with Crippen LogP contribution in [0.3, 0.4) is 0 Å². The van der Waals surface area contributed by atoms with E-state index in [0.29, 0.717) is 11.2 Å². The van der Waals surface area contributed by atoms with Crippen LogP contribution in [0, 0.1) is 0 Å². The van der Waals surface area contributed by atoms with E-state index >= 15 is 0 Å². The zero-order valence-corrected chi connectivity index (χ0v) is 7.24. The van der Waals surface area contributed by atoms with Crippen molar-refractivity contribution in [3.63, 3.8) is 0 Å². The first-order valence-electron chi connectivity index (χ1n) is 3.72. The molecule has 2 rings (SSSR count). The number of aromatic nitrogens is 3. The van der Waals surface area contributed by atoms with Crippen LogP contribution >= 0.6 is 0 Å². The first-order chi connectivity index (χ1) is 6.24. The van der Waals surface area contributed by atoms with E-state index in [0.717, 1.165) is 0 Å². The highest BCUT2D eigenvalue weighted by Gasteiger charge is 2.17. The fourth-order valence-corrected chi connectivity index (χ4v) is 1.15. The minimum Gasteiger partial charge on any atom is -0.425 e. The molecule has 0 saturated carbocycles. The Labute approximate surface area is 73.5 Å². The van der Waals surface area contributed by atoms with E-state index in [4.69, 9.17) is 4.42 Å². The SMILES string of the molecule is CNC(=O)c1nn(C)c2ocnc12. The van der Waals surface area contributed by atoms with Crippen molar-refractivity contribution in [3.8, 4) is 0 Å². The van der Waals surface area contributed by atoms with Gasteiger partial charge in [0.15, 0.2) is 17.6 Å². The summed E-state index contributed by atoms with van der Waals surface area (Å²) < 4.78 is 6.51. The minimum atomic E-state index is -0.264. The highest BCUT2D eigenvalue weighted by molar-refractivity contribution is 6.01. The molecule has 0 aliphatic carbocycles. The topological polar surface area (TPSA) is 73.0 Å². The first kappa shape index (κ1) is 7.78. The molecule has 68 valence electrons. The molecule has 2 aromatic heterocycles. The molecule has 6 nitrogen and oxygen atoms in total. The van der Waals surface area contributed by atoms with Crippen LogP contribution in [0.15, 0.2) is 10.8 Å². The normalized spacial score (nSPS) is 10.6. The Balaban J connectivity index is 2.68. The molecule has 0 atom stereocenters. The zero-order valence-electron chi connectivity index (χ0n) is 7.24. The number of amides is 1. The molecule has 13 heavy (non-hydrogen) atoms. The van der Waals surface area contributed by atoms with Crippen molar-refractivity contribution in [3.05, 3.63) is 12.1 Å². The Bertz CT molecular complexity index is 456. The Morgan fingerprint density at radius 3 is 3.15 bits per heavy atom. The number of rotatable bonds is 1. The predicted octanol–water partition coefficient (Wildman–Crippen LogP) is -0.0791. The van der Waals surface area contributed by atoms with Crippen molar-refractivity contribution in [2.45, 2.75) is 0 Å². The number of oxazole rings is 1. The van der Waals surface area contributed by atoms with E-state index in [-0.39, 0.29) is 11.6 Å². The fourth-order valence-electron chi connectivity index (χ4n) is 1.15. The number of carbonyl (C=O) groups is 1. The maximum absolute atomic E-state index is 11.3. The molecule has 0 radical (unpaired) electrons. The standard InChI is InChI=1S/C7H8N4O2/c1-8-6(12)4-5-7(11(2)10-4)13-3-9-5/h3H,1-2H3,(H,8,12). The van der Waals surface area contributed by atoms with Crippen molar-refractivity contribution >= 4 is 17.1 Å². The zero-order chi connectivity index (χ0) is 9.42. The lowest BCUT2D eigenvalue weighted by Crippen LogP contribution is -2.19. The maximum Gasteiger partial charge on any atom is 0.273 e. The number of carbonyl (C=O) groups excluding carboxylic acids is 1. The van der Waals surface area contributed by atoms with Crippen LogP contribution in [0.25, 0.3) is 11.2 Å². The largest absolute Gasteiger partial charge is 0.425 e. The Morgan fingerprint density at radius 1 is 1.69 bits per heavy atom. The average Bonchev–Trinajstić information content (AvgIpc) is 2.68. The van der Waals surface area contributed by atoms with Crippen molar-refractivity contribution < 1.29 is 9.21 Å². The summed E-state index contributed by atoms with van der Waals surface area (Å²) in [5, 5.41) is 6.45. The van der Waals surface area contributed by atoms with Crippen LogP contribution in [0.1, 0.15) is 10.5 Å². The molecule has 1 N–H and O–H groups in total. The summed E-state index contributed by atoms with van der Waals surface area (Å²) in [5.41, 5.74) is 1.27. The van der Waals surface area contributed by atoms with Crippen LogP contribution in [0.5, 0.6) is 0 Å². The highest BCUT2D eigenvalue weighted by atomic mass is 16.3. The van der Waals surface area contributed by atoms with Gasteiger partial charge >= 0.3 is 0 Å². The van der Waals surface area contributed by atoms with Crippen molar-refractivity contribution in [1.82, 2.24) is 20.1 Å². The summed E-state index contributed by atoms with van der Waals surface area (Å²) in [6.45, 7) is 0. The van der Waals surface area contributed by atoms with Gasteiger partial charge < -0.3 is 9.73 Å². The van der Waals surface area contributed by atoms with Crippen LogP contribution in [0.4, 0.5) is 0 Å². The lowest BCUT2D eigenvalue weighted by atomic mass is 10.4. The molecule has 2 aromatic rings. The summed E-state index contributed by atoms with van der Waals surface area (Å²) in [5.74, 6) is -0.264. The number of hydrogen-bond acceptors (Lipinski definition) is 4. The average molecular weight is 180 g/mol. The third-order valence-corrected chi connectivity index (χ3v) is 1.76. The second-order valence-electron chi connectivity index (χ2n) is 2.56. The third kappa shape index (κ3) is 0.986. The van der Waals surface area contributed by atoms with E-state index in [1.54, 1.807) is 14.1 Å². The second-order valence-corrected chi connectivity index (χ2v) is 2.56. The van der Waals surface area contributed by atoms with Crippen molar-refractivity contribution in [2.24, 2.45) is 7.05 Å². The Hall–Kier alpha value is -1.85. The number of hydrogen-bond donors (Lipinski definition) is 1. The third-order valence-electron chi connectivity index (χ3n) is 1.76. The molecule has 0 spiro atoms. The summed E-state index contributed by atoms with van der Waals surface area (Å²) in [6, 6.07) is 0. The van der Waals surface area contributed by atoms with Crippen LogP contribution in [0.2, 0.25) is 0 Å². The van der Waals surface area contributed by atoms with Gasteiger partial charge in [-0.25, -0.2) is 9.67 Å². The van der Waals surface area contributed by atoms with E-state index in [2.05, 4.69) is 15.4 Å². The molecule has 6 heteroatoms. The maximum atomic E-state index is 11.3. The highest BCUT2D eigenvalue weighted by Crippen LogP contribution is 2.14. The molecule has 0 aromatic carbocycles. The lowest BCUT2D eigenvalue weighted by molar-refractivity contribution is 0.0959. The molecule has 0 bridgehead atoms. The molecule has 0 saturated heterocycles. The second kappa shape index (κ2) is 2.58. The molecule has 2 heterocycles. The molecule has 0 unspecified atom stereocenters. The number of nitrogens with zero attached hydrogens (tertiary/aromatic N) is 3. The van der Waals surface area contributed by atoms with E-state index in [1.165, 1.54) is 11.1 Å². The van der Waals surface area contributed by atoms with Gasteiger partial charge in [-0.3, -0.25) is 4.79 Å². The molecule has 0 aliphatic heterocycles. The van der Waals surface area contributed by atoms with Gasteiger partial charge in [-0.1, -0.05) is 0 Å². The van der Waals surface area contributed by atoms with Crippen molar-refractivity contribution in [1.29, 1.82) is 0 Å². The van der Waals surface area contributed by atoms with Gasteiger partial charge in [0.1, 0.15) is 0 Å². The van der Waals surface area contributed by atoms with Gasteiger partial charge in [0.2, 0.25) is 5.71 Å². The first-order valence-corrected chi connectivity index (χ1v) is 3.72. The number of aryl methyl sites for hydroxylation is 1. The van der Waals surface area contributed by atoms with Gasteiger partial charge in [0.25, 0.3) is 5.91 Å². The smallest absolute Gasteiger partial charge is 0.273 e. The fraction of sp³-hybridized carbons (Fsp3) is 0.286. The lowest BCUT2D eigenvalue weighted by Gasteiger charge is -1.91. The summed E-state index contributed by atoms with van der Waals surface area (Å²) in [4.78, 5) is 15.2. The quantitative estimate of drug-likeness (QED) is 0.666. The molecule has 0 fully saturated rings. The number of nitrogens with one attached hydrogen (secondary N) is 1. The molecular weight excluding hydrogens is 172 g/mol. The van der Waals surface area contributed by atoms with Gasteiger partial charge in [-0.05, 0) is 0 Å². The molecule has 1 amide bonds. The summed E-state index contributed by atoms with van der Waals surface area (Å²) >= 11 is 0. The summed E-state index contributed by atoms with van der Waals surface area (Å²) in [6.07, 6.45) is 1.29. The Kier molecular flexibility index (Phi) is 1.54. The van der Waals surface area contributed by atoms with E-state index in [9.17, 15) is 4.79 Å². The van der Waals surface area contributed by atoms with Gasteiger partial charge in [-0.15, -0.1) is 0 Å². The van der Waals surface area contributed by atoms with Crippen LogP contribution < -0.4 is 5.32 Å². The van der Waals surface area contributed by atoms with Gasteiger partial charge in [-0.2, -0.15) is 5.10 Å². The Morgan fingerprint density at radius 2 is 2.46 bits per heavy atom. The van der Waals surface area contributed by atoms with Crippen molar-refractivity contribution in [2.75, 3.05) is 7.05 Å². The van der Waals surface area contributed by atoms with Gasteiger partial charge in [0, 0.05) is 14.1 Å². The minimum absolute atomic E-state index is 0.264. The van der Waals surface area contributed by atoms with Gasteiger partial charge in [0.05, 0.1) is 0 Å². The molecular formula is C7H8N4O2. The van der Waals surface area contributed by atoms with Crippen LogP contribution in [-0.4, -0.2) is 27.7 Å².